The maximum atomic E-state index is 11.3. The first-order valence-corrected chi connectivity index (χ1v) is 4.49. The molecular formula is C11H10N2O2. The molecular weight excluding hydrogens is 192 g/mol. The van der Waals surface area contributed by atoms with Crippen LogP contribution in [0.4, 0.5) is 0 Å². The van der Waals surface area contributed by atoms with Crippen molar-refractivity contribution in [2.24, 2.45) is 0 Å². The highest BCUT2D eigenvalue weighted by molar-refractivity contribution is 5.61. The second kappa shape index (κ2) is 3.96. The molecule has 0 N–H and O–H groups in total. The van der Waals surface area contributed by atoms with Gasteiger partial charge in [-0.1, -0.05) is 0 Å². The van der Waals surface area contributed by atoms with Crippen LogP contribution in [0.2, 0.25) is 0 Å². The Labute approximate surface area is 86.7 Å². The van der Waals surface area contributed by atoms with E-state index in [0.29, 0.717) is 0 Å². The lowest BCUT2D eigenvalue weighted by Crippen LogP contribution is -2.23. The van der Waals surface area contributed by atoms with E-state index in [1.54, 1.807) is 24.7 Å². The van der Waals surface area contributed by atoms with Crippen molar-refractivity contribution in [2.75, 3.05) is 7.11 Å². The number of hydrogen-bond acceptors (Lipinski definition) is 3. The van der Waals surface area contributed by atoms with E-state index in [1.807, 2.05) is 12.1 Å². The normalized spacial score (nSPS) is 9.93. The summed E-state index contributed by atoms with van der Waals surface area (Å²) in [5.41, 5.74) is 1.73. The summed E-state index contributed by atoms with van der Waals surface area (Å²) in [5.74, 6) is 0. The molecule has 15 heavy (non-hydrogen) atoms. The van der Waals surface area contributed by atoms with Gasteiger partial charge in [-0.05, 0) is 23.8 Å². The van der Waals surface area contributed by atoms with Gasteiger partial charge in [0.2, 0.25) is 0 Å². The Morgan fingerprint density at radius 2 is 1.87 bits per heavy atom. The van der Waals surface area contributed by atoms with E-state index >= 15 is 0 Å². The summed E-state index contributed by atoms with van der Waals surface area (Å²) in [5, 5.41) is 0. The lowest BCUT2D eigenvalue weighted by Gasteiger charge is -2.05. The number of pyridine rings is 2. The number of nitrogens with zero attached hydrogens (tertiary/aromatic N) is 2. The van der Waals surface area contributed by atoms with Crippen LogP contribution in [0, 0.1) is 0 Å². The van der Waals surface area contributed by atoms with E-state index < -0.39 is 0 Å². The van der Waals surface area contributed by atoms with E-state index in [2.05, 4.69) is 4.98 Å². The zero-order valence-electron chi connectivity index (χ0n) is 8.25. The first-order valence-electron chi connectivity index (χ1n) is 4.49. The summed E-state index contributed by atoms with van der Waals surface area (Å²) in [4.78, 5) is 20.1. The molecule has 0 saturated heterocycles. The van der Waals surface area contributed by atoms with Gasteiger partial charge < -0.3 is 4.84 Å². The lowest BCUT2D eigenvalue weighted by atomic mass is 10.1. The lowest BCUT2D eigenvalue weighted by molar-refractivity contribution is 0.157. The van der Waals surface area contributed by atoms with E-state index in [9.17, 15) is 4.79 Å². The van der Waals surface area contributed by atoms with Gasteiger partial charge in [0.1, 0.15) is 7.11 Å². The molecule has 0 aliphatic rings. The summed E-state index contributed by atoms with van der Waals surface area (Å²) >= 11 is 0. The van der Waals surface area contributed by atoms with Gasteiger partial charge in [-0.2, -0.15) is 4.73 Å². The van der Waals surface area contributed by atoms with Gasteiger partial charge in [0.25, 0.3) is 5.56 Å². The molecule has 0 fully saturated rings. The number of aromatic nitrogens is 2. The molecule has 4 heteroatoms. The standard InChI is InChI=1S/C11H10N2O2/c1-15-13-8-10(2-3-11(13)14)9-4-6-12-7-5-9/h2-8H,1H3. The molecule has 0 aromatic carbocycles. The monoisotopic (exact) mass is 202 g/mol. The van der Waals surface area contributed by atoms with Crippen LogP contribution in [0.5, 0.6) is 0 Å². The van der Waals surface area contributed by atoms with Crippen LogP contribution < -0.4 is 10.4 Å². The van der Waals surface area contributed by atoms with E-state index in [1.165, 1.54) is 17.9 Å². The Balaban J connectivity index is 2.51. The van der Waals surface area contributed by atoms with Crippen molar-refractivity contribution in [3.8, 4) is 11.1 Å². The first kappa shape index (κ1) is 9.45. The highest BCUT2D eigenvalue weighted by Crippen LogP contribution is 2.15. The summed E-state index contributed by atoms with van der Waals surface area (Å²) in [6, 6.07) is 6.98. The molecule has 2 aromatic rings. The van der Waals surface area contributed by atoms with E-state index in [-0.39, 0.29) is 5.56 Å². The Bertz CT molecular complexity index is 505. The van der Waals surface area contributed by atoms with Crippen molar-refractivity contribution in [1.29, 1.82) is 0 Å². The molecule has 0 aliphatic carbocycles. The molecule has 2 aromatic heterocycles. The fourth-order valence-corrected chi connectivity index (χ4v) is 1.33. The van der Waals surface area contributed by atoms with Crippen LogP contribution in [-0.2, 0) is 0 Å². The van der Waals surface area contributed by atoms with Crippen molar-refractivity contribution >= 4 is 0 Å². The molecule has 4 nitrogen and oxygen atoms in total. The summed E-state index contributed by atoms with van der Waals surface area (Å²) in [6.45, 7) is 0. The number of hydrogen-bond donors (Lipinski definition) is 0. The van der Waals surface area contributed by atoms with E-state index in [0.717, 1.165) is 11.1 Å². The van der Waals surface area contributed by atoms with Crippen LogP contribution in [-0.4, -0.2) is 16.8 Å². The van der Waals surface area contributed by atoms with Gasteiger partial charge in [-0.15, -0.1) is 0 Å². The first-order chi connectivity index (χ1) is 7.31. The zero-order valence-corrected chi connectivity index (χ0v) is 8.25. The third-order valence-corrected chi connectivity index (χ3v) is 2.09. The van der Waals surface area contributed by atoms with Crippen LogP contribution in [0.1, 0.15) is 0 Å². The minimum absolute atomic E-state index is 0.185. The fraction of sp³-hybridized carbons (Fsp3) is 0.0909. The van der Waals surface area contributed by atoms with Gasteiger partial charge in [0.15, 0.2) is 0 Å². The average molecular weight is 202 g/mol. The van der Waals surface area contributed by atoms with Gasteiger partial charge in [-0.25, -0.2) is 0 Å². The molecule has 0 aliphatic heterocycles. The SMILES string of the molecule is COn1cc(-c2ccncc2)ccc1=O. The van der Waals surface area contributed by atoms with Crippen LogP contribution >= 0.6 is 0 Å². The van der Waals surface area contributed by atoms with E-state index in [4.69, 9.17) is 4.84 Å². The third kappa shape index (κ3) is 1.88. The molecule has 0 saturated carbocycles. The van der Waals surface area contributed by atoms with Crippen LogP contribution in [0.25, 0.3) is 11.1 Å². The quantitative estimate of drug-likeness (QED) is 0.728. The van der Waals surface area contributed by atoms with Crippen molar-refractivity contribution < 1.29 is 4.84 Å². The molecule has 2 heterocycles. The van der Waals surface area contributed by atoms with Crippen LogP contribution in [0.15, 0.2) is 47.7 Å². The Hall–Kier alpha value is -2.10. The number of rotatable bonds is 2. The molecule has 0 unspecified atom stereocenters. The highest BCUT2D eigenvalue weighted by Gasteiger charge is 2.00. The van der Waals surface area contributed by atoms with Crippen molar-refractivity contribution in [3.63, 3.8) is 0 Å². The molecule has 0 atom stereocenters. The Morgan fingerprint density at radius 3 is 2.53 bits per heavy atom. The molecule has 2 rings (SSSR count). The predicted octanol–water partition coefficient (Wildman–Crippen LogP) is 0.969. The smallest absolute Gasteiger partial charge is 0.282 e. The summed E-state index contributed by atoms with van der Waals surface area (Å²) in [7, 11) is 1.46. The molecule has 0 radical (unpaired) electrons. The topological polar surface area (TPSA) is 44.1 Å². The molecule has 0 spiro atoms. The van der Waals surface area contributed by atoms with Crippen molar-refractivity contribution in [2.45, 2.75) is 0 Å². The van der Waals surface area contributed by atoms with Crippen molar-refractivity contribution in [3.05, 3.63) is 53.2 Å². The average Bonchev–Trinajstić information content (AvgIpc) is 2.31. The zero-order chi connectivity index (χ0) is 10.7. The van der Waals surface area contributed by atoms with Gasteiger partial charge in [0.05, 0.1) is 6.20 Å². The maximum Gasteiger partial charge on any atom is 0.282 e. The van der Waals surface area contributed by atoms with Gasteiger partial charge in [-0.3, -0.25) is 9.78 Å². The summed E-state index contributed by atoms with van der Waals surface area (Å²) < 4.78 is 1.19. The van der Waals surface area contributed by atoms with Gasteiger partial charge in [0, 0.05) is 24.0 Å². The molecule has 0 bridgehead atoms. The maximum absolute atomic E-state index is 11.3. The minimum atomic E-state index is -0.185. The fourth-order valence-electron chi connectivity index (χ4n) is 1.33. The largest absolute Gasteiger partial charge is 0.414 e. The molecule has 76 valence electrons. The highest BCUT2D eigenvalue weighted by atomic mass is 16.6. The third-order valence-electron chi connectivity index (χ3n) is 2.09. The Kier molecular flexibility index (Phi) is 2.49. The van der Waals surface area contributed by atoms with Crippen LogP contribution in [0.3, 0.4) is 0 Å². The van der Waals surface area contributed by atoms with Gasteiger partial charge >= 0.3 is 0 Å². The Morgan fingerprint density at radius 1 is 1.13 bits per heavy atom. The summed E-state index contributed by atoms with van der Waals surface area (Å²) in [6.07, 6.45) is 5.06. The minimum Gasteiger partial charge on any atom is -0.414 e. The predicted molar refractivity (Wildman–Crippen MR) is 56.4 cm³/mol. The molecule has 0 amide bonds. The van der Waals surface area contributed by atoms with Crippen molar-refractivity contribution in [1.82, 2.24) is 9.71 Å². The second-order valence-electron chi connectivity index (χ2n) is 3.00. The second-order valence-corrected chi connectivity index (χ2v) is 3.00.